The molecule has 0 saturated carbocycles. The zero-order valence-corrected chi connectivity index (χ0v) is 16.2. The van der Waals surface area contributed by atoms with Crippen LogP contribution in [-0.4, -0.2) is 46.6 Å². The van der Waals surface area contributed by atoms with E-state index in [1.807, 2.05) is 17.0 Å². The molecule has 1 N–H and O–H groups in total. The van der Waals surface area contributed by atoms with Gasteiger partial charge in [0.15, 0.2) is 0 Å². The van der Waals surface area contributed by atoms with Crippen molar-refractivity contribution in [3.63, 3.8) is 0 Å². The smallest absolute Gasteiger partial charge is 0.322 e. The number of urea groups is 1. The Hall–Kier alpha value is -2.05. The summed E-state index contributed by atoms with van der Waals surface area (Å²) in [7, 11) is 0. The van der Waals surface area contributed by atoms with Crippen LogP contribution in [0.4, 0.5) is 16.4 Å². The number of carbonyl (C=O) groups is 1. The van der Waals surface area contributed by atoms with Gasteiger partial charge in [-0.1, -0.05) is 43.1 Å². The van der Waals surface area contributed by atoms with Crippen LogP contribution in [0.2, 0.25) is 10.2 Å². The van der Waals surface area contributed by atoms with Gasteiger partial charge in [-0.15, -0.1) is 0 Å². The number of hydrogen-bond acceptors (Lipinski definition) is 4. The summed E-state index contributed by atoms with van der Waals surface area (Å²) in [6, 6.07) is 8.71. The van der Waals surface area contributed by atoms with Gasteiger partial charge in [0.05, 0.1) is 6.04 Å². The molecule has 1 aromatic heterocycles. The monoisotopic (exact) mass is 393 g/mol. The van der Waals surface area contributed by atoms with Crippen LogP contribution in [0.25, 0.3) is 0 Å². The van der Waals surface area contributed by atoms with Gasteiger partial charge in [-0.3, -0.25) is 0 Å². The highest BCUT2D eigenvalue weighted by Crippen LogP contribution is 2.23. The number of anilines is 2. The largest absolute Gasteiger partial charge is 0.337 e. The normalized spacial score (nSPS) is 17.5. The van der Waals surface area contributed by atoms with Gasteiger partial charge in [0.1, 0.15) is 5.15 Å². The second-order valence-electron chi connectivity index (χ2n) is 6.57. The van der Waals surface area contributed by atoms with Gasteiger partial charge in [0.25, 0.3) is 0 Å². The minimum Gasteiger partial charge on any atom is -0.337 e. The van der Waals surface area contributed by atoms with Gasteiger partial charge >= 0.3 is 6.03 Å². The zero-order chi connectivity index (χ0) is 18.7. The van der Waals surface area contributed by atoms with Gasteiger partial charge in [-0.2, -0.15) is 0 Å². The van der Waals surface area contributed by atoms with E-state index in [9.17, 15) is 4.79 Å². The fraction of sp³-hybridized carbons (Fsp3) is 0.389. The Labute approximate surface area is 163 Å². The van der Waals surface area contributed by atoms with Crippen LogP contribution in [0.15, 0.2) is 36.5 Å². The van der Waals surface area contributed by atoms with Crippen molar-refractivity contribution in [2.75, 3.05) is 29.9 Å². The lowest BCUT2D eigenvalue weighted by atomic mass is 10.00. The summed E-state index contributed by atoms with van der Waals surface area (Å²) >= 11 is 12.0. The molecule has 2 amide bonds. The fourth-order valence-corrected chi connectivity index (χ4v) is 3.38. The molecule has 0 radical (unpaired) electrons. The number of carbonyl (C=O) groups excluding carboxylic acids is 1. The third-order valence-electron chi connectivity index (χ3n) is 4.42. The molecular formula is C18H21Cl2N5O. The van der Waals surface area contributed by atoms with Crippen LogP contribution in [0, 0.1) is 5.92 Å². The summed E-state index contributed by atoms with van der Waals surface area (Å²) in [5.74, 6) is 0.875. The lowest BCUT2D eigenvalue weighted by Gasteiger charge is -2.43. The molecule has 1 aromatic carbocycles. The van der Waals surface area contributed by atoms with E-state index in [2.05, 4.69) is 34.0 Å². The quantitative estimate of drug-likeness (QED) is 0.795. The summed E-state index contributed by atoms with van der Waals surface area (Å²) in [4.78, 5) is 25.3. The molecule has 1 aliphatic heterocycles. The molecule has 2 heterocycles. The summed E-state index contributed by atoms with van der Waals surface area (Å²) in [5.41, 5.74) is 0.686. The molecule has 3 rings (SSSR count). The third-order valence-corrected chi connectivity index (χ3v) is 4.86. The highest BCUT2D eigenvalue weighted by atomic mass is 35.5. The molecule has 0 spiro atoms. The van der Waals surface area contributed by atoms with E-state index in [0.717, 1.165) is 0 Å². The number of halogens is 2. The van der Waals surface area contributed by atoms with Crippen molar-refractivity contribution in [1.29, 1.82) is 0 Å². The van der Waals surface area contributed by atoms with Crippen LogP contribution >= 0.6 is 23.2 Å². The Bertz CT molecular complexity index is 786. The minimum atomic E-state index is -0.127. The van der Waals surface area contributed by atoms with E-state index in [-0.39, 0.29) is 18.0 Å². The highest BCUT2D eigenvalue weighted by molar-refractivity contribution is 6.31. The van der Waals surface area contributed by atoms with Crippen LogP contribution in [0.5, 0.6) is 0 Å². The molecule has 1 atom stereocenters. The SMILES string of the molecule is CC(C)C1CN(c2nccc(Cl)n2)CCN1C(=O)Nc1cccc(Cl)c1. The molecule has 6 nitrogen and oxygen atoms in total. The average Bonchev–Trinajstić information content (AvgIpc) is 2.61. The number of rotatable bonds is 3. The van der Waals surface area contributed by atoms with Gasteiger partial charge in [-0.25, -0.2) is 14.8 Å². The van der Waals surface area contributed by atoms with E-state index in [1.165, 1.54) is 0 Å². The van der Waals surface area contributed by atoms with Gasteiger partial charge in [-0.05, 0) is 30.2 Å². The Morgan fingerprint density at radius 1 is 1.27 bits per heavy atom. The van der Waals surface area contributed by atoms with Crippen LogP contribution < -0.4 is 10.2 Å². The summed E-state index contributed by atoms with van der Waals surface area (Å²) in [6.45, 7) is 6.08. The molecule has 138 valence electrons. The topological polar surface area (TPSA) is 61.4 Å². The van der Waals surface area contributed by atoms with E-state index in [1.54, 1.807) is 24.4 Å². The number of benzene rings is 1. The number of nitrogens with zero attached hydrogens (tertiary/aromatic N) is 4. The molecule has 1 aliphatic rings. The molecule has 8 heteroatoms. The molecule has 0 bridgehead atoms. The standard InChI is InChI=1S/C18H21Cl2N5O/c1-12(2)15-11-24(17-21-7-6-16(20)23-17)8-9-25(15)18(26)22-14-5-3-4-13(19)10-14/h3-7,10,12,15H,8-9,11H2,1-2H3,(H,22,26). The van der Waals surface area contributed by atoms with Crippen LogP contribution in [-0.2, 0) is 0 Å². The molecule has 1 unspecified atom stereocenters. The Kier molecular flexibility index (Phi) is 5.84. The maximum absolute atomic E-state index is 12.8. The first-order valence-corrected chi connectivity index (χ1v) is 9.26. The predicted molar refractivity (Wildman–Crippen MR) is 105 cm³/mol. The highest BCUT2D eigenvalue weighted by Gasteiger charge is 2.33. The number of aromatic nitrogens is 2. The molecule has 1 fully saturated rings. The van der Waals surface area contributed by atoms with Crippen molar-refractivity contribution in [2.24, 2.45) is 5.92 Å². The van der Waals surface area contributed by atoms with E-state index in [0.29, 0.717) is 41.4 Å². The maximum atomic E-state index is 12.8. The second kappa shape index (κ2) is 8.10. The van der Waals surface area contributed by atoms with Crippen molar-refractivity contribution >= 4 is 40.9 Å². The average molecular weight is 394 g/mol. The lowest BCUT2D eigenvalue weighted by molar-refractivity contribution is 0.156. The molecule has 26 heavy (non-hydrogen) atoms. The van der Waals surface area contributed by atoms with Gasteiger partial charge in [0, 0.05) is 36.5 Å². The number of piperazine rings is 1. The first kappa shape index (κ1) is 18.7. The van der Waals surface area contributed by atoms with Crippen LogP contribution in [0.1, 0.15) is 13.8 Å². The van der Waals surface area contributed by atoms with Crippen molar-refractivity contribution in [3.05, 3.63) is 46.7 Å². The first-order chi connectivity index (χ1) is 12.4. The van der Waals surface area contributed by atoms with E-state index < -0.39 is 0 Å². The van der Waals surface area contributed by atoms with Crippen molar-refractivity contribution < 1.29 is 4.79 Å². The fourth-order valence-electron chi connectivity index (χ4n) is 3.06. The maximum Gasteiger partial charge on any atom is 0.322 e. The van der Waals surface area contributed by atoms with Crippen molar-refractivity contribution in [2.45, 2.75) is 19.9 Å². The summed E-state index contributed by atoms with van der Waals surface area (Å²) in [5, 5.41) is 3.94. The first-order valence-electron chi connectivity index (χ1n) is 8.50. The number of amides is 2. The van der Waals surface area contributed by atoms with Crippen molar-refractivity contribution in [3.8, 4) is 0 Å². The summed E-state index contributed by atoms with van der Waals surface area (Å²) < 4.78 is 0. The molecule has 0 aliphatic carbocycles. The lowest BCUT2D eigenvalue weighted by Crippen LogP contribution is -2.58. The van der Waals surface area contributed by atoms with Crippen LogP contribution in [0.3, 0.4) is 0 Å². The minimum absolute atomic E-state index is 0.0329. The van der Waals surface area contributed by atoms with E-state index in [4.69, 9.17) is 23.2 Å². The Morgan fingerprint density at radius 2 is 2.08 bits per heavy atom. The van der Waals surface area contributed by atoms with E-state index >= 15 is 0 Å². The molecule has 2 aromatic rings. The summed E-state index contributed by atoms with van der Waals surface area (Å²) in [6.07, 6.45) is 1.65. The number of hydrogen-bond donors (Lipinski definition) is 1. The third kappa shape index (κ3) is 4.37. The Morgan fingerprint density at radius 3 is 2.77 bits per heavy atom. The zero-order valence-electron chi connectivity index (χ0n) is 14.7. The number of nitrogens with one attached hydrogen (secondary N) is 1. The van der Waals surface area contributed by atoms with Gasteiger partial charge < -0.3 is 15.1 Å². The predicted octanol–water partition coefficient (Wildman–Crippen LogP) is 4.16. The second-order valence-corrected chi connectivity index (χ2v) is 7.39. The molecular weight excluding hydrogens is 373 g/mol. The van der Waals surface area contributed by atoms with Crippen molar-refractivity contribution in [1.82, 2.24) is 14.9 Å². The molecule has 1 saturated heterocycles. The van der Waals surface area contributed by atoms with Gasteiger partial charge in [0.2, 0.25) is 5.95 Å². The Balaban J connectivity index is 1.73.